The molecule has 1 N–H and O–H groups in total. The van der Waals surface area contributed by atoms with E-state index in [1.807, 2.05) is 24.1 Å². The lowest BCUT2D eigenvalue weighted by Gasteiger charge is -2.38. The number of aromatic nitrogens is 2. The Labute approximate surface area is 126 Å². The van der Waals surface area contributed by atoms with E-state index in [0.29, 0.717) is 6.54 Å². The Hall–Kier alpha value is -1.40. The third kappa shape index (κ3) is 4.05. The molecule has 20 heavy (non-hydrogen) atoms. The molecule has 1 aromatic heterocycles. The molecular formula is C13H22ClN5O. The van der Waals surface area contributed by atoms with Crippen molar-refractivity contribution in [1.82, 2.24) is 20.4 Å². The summed E-state index contributed by atoms with van der Waals surface area (Å²) in [6, 6.07) is 4.10. The van der Waals surface area contributed by atoms with Crippen molar-refractivity contribution >= 4 is 24.1 Å². The molecule has 1 aliphatic heterocycles. The third-order valence-corrected chi connectivity index (χ3v) is 3.55. The maximum absolute atomic E-state index is 11.9. The number of hydrogen-bond acceptors (Lipinski definition) is 5. The van der Waals surface area contributed by atoms with Gasteiger partial charge in [0, 0.05) is 32.4 Å². The number of piperidine rings is 1. The number of rotatable bonds is 4. The molecule has 0 bridgehead atoms. The Morgan fingerprint density at radius 3 is 3.05 bits per heavy atom. The second-order valence-corrected chi connectivity index (χ2v) is 4.86. The summed E-state index contributed by atoms with van der Waals surface area (Å²) in [6.45, 7) is 2.19. The monoisotopic (exact) mass is 299 g/mol. The van der Waals surface area contributed by atoms with E-state index in [0.717, 1.165) is 31.7 Å². The van der Waals surface area contributed by atoms with Crippen LogP contribution in [-0.4, -0.2) is 60.8 Å². The summed E-state index contributed by atoms with van der Waals surface area (Å²) in [5, 5.41) is 11.0. The number of anilines is 1. The quantitative estimate of drug-likeness (QED) is 0.879. The topological polar surface area (TPSA) is 61.4 Å². The molecule has 1 fully saturated rings. The molecule has 1 saturated heterocycles. The van der Waals surface area contributed by atoms with Crippen molar-refractivity contribution in [3.63, 3.8) is 0 Å². The van der Waals surface area contributed by atoms with Crippen LogP contribution < -0.4 is 10.2 Å². The summed E-state index contributed by atoms with van der Waals surface area (Å²) in [7, 11) is 3.67. The van der Waals surface area contributed by atoms with Crippen molar-refractivity contribution in [3.8, 4) is 0 Å². The van der Waals surface area contributed by atoms with E-state index in [2.05, 4.69) is 20.4 Å². The lowest BCUT2D eigenvalue weighted by molar-refractivity contribution is -0.131. The zero-order valence-corrected chi connectivity index (χ0v) is 12.8. The van der Waals surface area contributed by atoms with Crippen molar-refractivity contribution in [3.05, 3.63) is 18.3 Å². The first-order valence-corrected chi connectivity index (χ1v) is 6.65. The van der Waals surface area contributed by atoms with E-state index in [-0.39, 0.29) is 24.4 Å². The van der Waals surface area contributed by atoms with Crippen molar-refractivity contribution in [2.75, 3.05) is 38.6 Å². The number of carbonyl (C=O) groups is 1. The summed E-state index contributed by atoms with van der Waals surface area (Å²) in [5.41, 5.74) is 0. The number of nitrogens with zero attached hydrogens (tertiary/aromatic N) is 4. The predicted octanol–water partition coefficient (Wildman–Crippen LogP) is 0.545. The number of halogens is 1. The highest BCUT2D eigenvalue weighted by atomic mass is 35.5. The van der Waals surface area contributed by atoms with Crippen LogP contribution in [0.4, 0.5) is 5.82 Å². The lowest BCUT2D eigenvalue weighted by atomic mass is 10.0. The van der Waals surface area contributed by atoms with Gasteiger partial charge in [-0.05, 0) is 32.0 Å². The second kappa shape index (κ2) is 8.01. The fourth-order valence-electron chi connectivity index (χ4n) is 2.42. The van der Waals surface area contributed by atoms with Crippen molar-refractivity contribution < 1.29 is 4.79 Å². The fraction of sp³-hybridized carbons (Fsp3) is 0.615. The molecule has 1 aliphatic rings. The highest BCUT2D eigenvalue weighted by Crippen LogP contribution is 2.19. The van der Waals surface area contributed by atoms with E-state index in [4.69, 9.17) is 0 Å². The van der Waals surface area contributed by atoms with Gasteiger partial charge in [0.1, 0.15) is 0 Å². The number of hydrogen-bond donors (Lipinski definition) is 1. The molecule has 1 amide bonds. The highest BCUT2D eigenvalue weighted by Gasteiger charge is 2.26. The molecule has 0 spiro atoms. The second-order valence-electron chi connectivity index (χ2n) is 4.86. The zero-order valence-electron chi connectivity index (χ0n) is 12.0. The average Bonchev–Trinajstić information content (AvgIpc) is 2.48. The van der Waals surface area contributed by atoms with Gasteiger partial charge in [0.15, 0.2) is 5.82 Å². The molecule has 1 aromatic rings. The van der Waals surface area contributed by atoms with Crippen LogP contribution in [0.15, 0.2) is 18.3 Å². The maximum Gasteiger partial charge on any atom is 0.236 e. The maximum atomic E-state index is 11.9. The third-order valence-electron chi connectivity index (χ3n) is 3.55. The average molecular weight is 300 g/mol. The molecule has 0 aliphatic carbocycles. The zero-order chi connectivity index (χ0) is 13.7. The predicted molar refractivity (Wildman–Crippen MR) is 81.2 cm³/mol. The van der Waals surface area contributed by atoms with Gasteiger partial charge in [-0.3, -0.25) is 4.79 Å². The molecule has 0 radical (unpaired) electrons. The van der Waals surface area contributed by atoms with Crippen LogP contribution in [0.2, 0.25) is 0 Å². The number of likely N-dealkylation sites (N-methyl/N-ethyl adjacent to an activating group) is 2. The van der Waals surface area contributed by atoms with Crippen LogP contribution in [0.3, 0.4) is 0 Å². The molecule has 6 nitrogen and oxygen atoms in total. The van der Waals surface area contributed by atoms with Gasteiger partial charge in [-0.15, -0.1) is 17.5 Å². The largest absolute Gasteiger partial charge is 0.353 e. The van der Waals surface area contributed by atoms with Crippen LogP contribution in [0.1, 0.15) is 12.8 Å². The first-order valence-electron chi connectivity index (χ1n) is 6.65. The molecular weight excluding hydrogens is 278 g/mol. The van der Waals surface area contributed by atoms with Gasteiger partial charge in [0.25, 0.3) is 0 Å². The molecule has 1 unspecified atom stereocenters. The van der Waals surface area contributed by atoms with Crippen LogP contribution in [0.5, 0.6) is 0 Å². The Kier molecular flexibility index (Phi) is 6.67. The van der Waals surface area contributed by atoms with Gasteiger partial charge < -0.3 is 15.1 Å². The first-order chi connectivity index (χ1) is 9.22. The minimum Gasteiger partial charge on any atom is -0.353 e. The van der Waals surface area contributed by atoms with Gasteiger partial charge >= 0.3 is 0 Å². The van der Waals surface area contributed by atoms with E-state index in [1.165, 1.54) is 0 Å². The van der Waals surface area contributed by atoms with Crippen LogP contribution in [0.25, 0.3) is 0 Å². The van der Waals surface area contributed by atoms with Gasteiger partial charge in [0.2, 0.25) is 5.91 Å². The van der Waals surface area contributed by atoms with Crippen LogP contribution in [0, 0.1) is 0 Å². The molecule has 2 heterocycles. The summed E-state index contributed by atoms with van der Waals surface area (Å²) < 4.78 is 0. The van der Waals surface area contributed by atoms with E-state index in [9.17, 15) is 4.79 Å². The smallest absolute Gasteiger partial charge is 0.236 e. The molecule has 0 saturated carbocycles. The van der Waals surface area contributed by atoms with Crippen molar-refractivity contribution in [1.29, 1.82) is 0 Å². The Morgan fingerprint density at radius 1 is 1.60 bits per heavy atom. The highest BCUT2D eigenvalue weighted by molar-refractivity contribution is 5.85. The summed E-state index contributed by atoms with van der Waals surface area (Å²) in [4.78, 5) is 15.9. The van der Waals surface area contributed by atoms with E-state index >= 15 is 0 Å². The number of nitrogens with one attached hydrogen (secondary N) is 1. The van der Waals surface area contributed by atoms with Gasteiger partial charge in [-0.1, -0.05) is 0 Å². The first kappa shape index (κ1) is 16.7. The molecule has 2 rings (SSSR count). The molecule has 7 heteroatoms. The summed E-state index contributed by atoms with van der Waals surface area (Å²) >= 11 is 0. The van der Waals surface area contributed by atoms with Crippen LogP contribution >= 0.6 is 12.4 Å². The molecule has 112 valence electrons. The minimum absolute atomic E-state index is 0. The van der Waals surface area contributed by atoms with Gasteiger partial charge in [-0.25, -0.2) is 0 Å². The standard InChI is InChI=1S/C13H21N5O.ClH/c1-14-9-13(19)17(2)11-5-4-8-18(10-11)12-6-3-7-15-16-12;/h3,6-7,11,14H,4-5,8-10H2,1-2H3;1H. The molecule has 0 aromatic carbocycles. The van der Waals surface area contributed by atoms with Crippen LogP contribution in [-0.2, 0) is 4.79 Å². The fourth-order valence-corrected chi connectivity index (χ4v) is 2.42. The Morgan fingerprint density at radius 2 is 2.40 bits per heavy atom. The Balaban J connectivity index is 0.00000200. The number of amides is 1. The van der Waals surface area contributed by atoms with Crippen molar-refractivity contribution in [2.24, 2.45) is 0 Å². The summed E-state index contributed by atoms with van der Waals surface area (Å²) in [6.07, 6.45) is 3.79. The minimum atomic E-state index is 0. The lowest BCUT2D eigenvalue weighted by Crippen LogP contribution is -2.50. The normalized spacial score (nSPS) is 18.3. The van der Waals surface area contributed by atoms with E-state index < -0.39 is 0 Å². The molecule has 1 atom stereocenters. The van der Waals surface area contributed by atoms with E-state index in [1.54, 1.807) is 13.2 Å². The Bertz CT molecular complexity index is 416. The van der Waals surface area contributed by atoms with Crippen molar-refractivity contribution in [2.45, 2.75) is 18.9 Å². The number of carbonyl (C=O) groups excluding carboxylic acids is 1. The SMILES string of the molecule is CNCC(=O)N(C)C1CCCN(c2cccnn2)C1.Cl. The summed E-state index contributed by atoms with van der Waals surface area (Å²) in [5.74, 6) is 1.02. The van der Waals surface area contributed by atoms with Gasteiger partial charge in [0.05, 0.1) is 6.54 Å². The van der Waals surface area contributed by atoms with Gasteiger partial charge in [-0.2, -0.15) is 5.10 Å².